The van der Waals surface area contributed by atoms with Crippen LogP contribution in [0.3, 0.4) is 0 Å². The molecule has 0 nitrogen and oxygen atoms in total. The predicted octanol–water partition coefficient (Wildman–Crippen LogP) is 4.67. The van der Waals surface area contributed by atoms with Gasteiger partial charge in [-0.1, -0.05) is 74.0 Å². The highest BCUT2D eigenvalue weighted by Gasteiger charge is 2.66. The van der Waals surface area contributed by atoms with Crippen LogP contribution in [0.4, 0.5) is 0 Å². The molecule has 1 fully saturated rings. The van der Waals surface area contributed by atoms with Crippen LogP contribution in [0, 0.1) is 16.7 Å². The topological polar surface area (TPSA) is 0 Å². The third-order valence-corrected chi connectivity index (χ3v) is 5.62. The molecule has 0 radical (unpaired) electrons. The Bertz CT molecular complexity index is 350. The second kappa shape index (κ2) is 3.87. The van der Waals surface area contributed by atoms with Crippen molar-refractivity contribution in [3.63, 3.8) is 0 Å². The van der Waals surface area contributed by atoms with Gasteiger partial charge in [0.25, 0.3) is 0 Å². The molecular weight excluding hydrogens is 260 g/mol. The normalized spacial score (nSPS) is 24.1. The van der Waals surface area contributed by atoms with Crippen molar-refractivity contribution in [3.8, 4) is 0 Å². The summed E-state index contributed by atoms with van der Waals surface area (Å²) in [5.74, 6) is 0.778. The van der Waals surface area contributed by atoms with E-state index in [1.807, 2.05) is 0 Å². The van der Waals surface area contributed by atoms with Gasteiger partial charge in [0.1, 0.15) is 0 Å². The minimum Gasteiger partial charge on any atom is -0.0884 e. The number of benzene rings is 1. The van der Waals surface area contributed by atoms with Crippen molar-refractivity contribution in [2.24, 2.45) is 16.7 Å². The van der Waals surface area contributed by atoms with Gasteiger partial charge in [-0.25, -0.2) is 0 Å². The van der Waals surface area contributed by atoms with Gasteiger partial charge in [-0.3, -0.25) is 0 Å². The lowest BCUT2D eigenvalue weighted by molar-refractivity contribution is 0.457. The monoisotopic (exact) mass is 280 g/mol. The van der Waals surface area contributed by atoms with Crippen molar-refractivity contribution in [2.45, 2.75) is 38.9 Å². The van der Waals surface area contributed by atoms with Gasteiger partial charge in [0.05, 0.1) is 0 Å². The average molecular weight is 281 g/mol. The van der Waals surface area contributed by atoms with Crippen LogP contribution in [0.1, 0.15) is 33.3 Å². The Morgan fingerprint density at radius 2 is 1.56 bits per heavy atom. The lowest BCUT2D eigenvalue weighted by Gasteiger charge is -2.11. The van der Waals surface area contributed by atoms with Crippen molar-refractivity contribution >= 4 is 15.9 Å². The van der Waals surface area contributed by atoms with Crippen LogP contribution in [0.2, 0.25) is 0 Å². The molecule has 0 aromatic heterocycles. The summed E-state index contributed by atoms with van der Waals surface area (Å²) in [5.41, 5.74) is 2.37. The molecule has 1 aromatic carbocycles. The van der Waals surface area contributed by atoms with E-state index in [0.29, 0.717) is 15.7 Å². The number of alkyl halides is 1. The molecule has 1 heteroatoms. The Labute approximate surface area is 108 Å². The molecule has 88 valence electrons. The van der Waals surface area contributed by atoms with Gasteiger partial charge in [0.15, 0.2) is 0 Å². The summed E-state index contributed by atoms with van der Waals surface area (Å²) < 4.78 is 0. The predicted molar refractivity (Wildman–Crippen MR) is 73.9 cm³/mol. The summed E-state index contributed by atoms with van der Waals surface area (Å²) in [6.07, 6.45) is 1.14. The van der Waals surface area contributed by atoms with E-state index in [2.05, 4.69) is 74.0 Å². The standard InChI is InChI=1S/C15H21Br/c1-14(2)13(15(14,3)4)12(16)10-11-8-6-5-7-9-11/h5-9,12-13H,10H2,1-4H3. The summed E-state index contributed by atoms with van der Waals surface area (Å²) in [5, 5.41) is 0. The van der Waals surface area contributed by atoms with Crippen LogP contribution in [-0.2, 0) is 6.42 Å². The Kier molecular flexibility index (Phi) is 2.94. The highest BCUT2D eigenvalue weighted by Crippen LogP contribution is 2.70. The Morgan fingerprint density at radius 3 is 2.00 bits per heavy atom. The fraction of sp³-hybridized carbons (Fsp3) is 0.600. The quantitative estimate of drug-likeness (QED) is 0.706. The van der Waals surface area contributed by atoms with Gasteiger partial charge < -0.3 is 0 Å². The number of hydrogen-bond donors (Lipinski definition) is 0. The molecule has 1 atom stereocenters. The molecule has 0 saturated heterocycles. The first-order valence-electron chi connectivity index (χ1n) is 6.05. The Balaban J connectivity index is 2.04. The van der Waals surface area contributed by atoms with E-state index in [-0.39, 0.29) is 0 Å². The van der Waals surface area contributed by atoms with Gasteiger partial charge in [0.2, 0.25) is 0 Å². The molecule has 1 unspecified atom stereocenters. The highest BCUT2D eigenvalue weighted by atomic mass is 79.9. The van der Waals surface area contributed by atoms with Gasteiger partial charge >= 0.3 is 0 Å². The fourth-order valence-corrected chi connectivity index (χ4v) is 4.80. The van der Waals surface area contributed by atoms with Crippen LogP contribution < -0.4 is 0 Å². The maximum Gasteiger partial charge on any atom is 0.0225 e. The SMILES string of the molecule is CC1(C)C(C(Br)Cc2ccccc2)C1(C)C. The fourth-order valence-electron chi connectivity index (χ4n) is 3.11. The summed E-state index contributed by atoms with van der Waals surface area (Å²) in [6, 6.07) is 10.8. The largest absolute Gasteiger partial charge is 0.0884 e. The molecule has 0 spiro atoms. The van der Waals surface area contributed by atoms with Gasteiger partial charge in [-0.2, -0.15) is 0 Å². The van der Waals surface area contributed by atoms with E-state index in [9.17, 15) is 0 Å². The third kappa shape index (κ3) is 1.84. The molecule has 0 heterocycles. The second-order valence-electron chi connectivity index (χ2n) is 6.13. The van der Waals surface area contributed by atoms with Crippen LogP contribution in [0.25, 0.3) is 0 Å². The van der Waals surface area contributed by atoms with Crippen LogP contribution in [-0.4, -0.2) is 4.83 Å². The summed E-state index contributed by atoms with van der Waals surface area (Å²) in [6.45, 7) is 9.54. The molecular formula is C15H21Br. The molecule has 0 aliphatic heterocycles. The van der Waals surface area contributed by atoms with Crippen LogP contribution >= 0.6 is 15.9 Å². The summed E-state index contributed by atoms with van der Waals surface area (Å²) in [4.78, 5) is 0.597. The van der Waals surface area contributed by atoms with Crippen molar-refractivity contribution < 1.29 is 0 Å². The molecule has 1 aliphatic rings. The van der Waals surface area contributed by atoms with Gasteiger partial charge in [0, 0.05) is 4.83 Å². The first-order valence-corrected chi connectivity index (χ1v) is 6.97. The van der Waals surface area contributed by atoms with E-state index in [1.165, 1.54) is 5.56 Å². The molecule has 16 heavy (non-hydrogen) atoms. The lowest BCUT2D eigenvalue weighted by atomic mass is 10.0. The van der Waals surface area contributed by atoms with E-state index >= 15 is 0 Å². The van der Waals surface area contributed by atoms with E-state index in [0.717, 1.165) is 12.3 Å². The molecule has 2 rings (SSSR count). The van der Waals surface area contributed by atoms with E-state index < -0.39 is 0 Å². The zero-order valence-corrected chi connectivity index (χ0v) is 12.2. The minimum absolute atomic E-state index is 0.468. The first kappa shape index (κ1) is 12.2. The zero-order valence-electron chi connectivity index (χ0n) is 10.6. The molecule has 1 saturated carbocycles. The van der Waals surface area contributed by atoms with E-state index in [4.69, 9.17) is 0 Å². The maximum atomic E-state index is 3.89. The highest BCUT2D eigenvalue weighted by molar-refractivity contribution is 9.09. The molecule has 0 N–H and O–H groups in total. The Hall–Kier alpha value is -0.300. The van der Waals surface area contributed by atoms with Crippen molar-refractivity contribution in [1.82, 2.24) is 0 Å². The van der Waals surface area contributed by atoms with Crippen molar-refractivity contribution in [1.29, 1.82) is 0 Å². The number of hydrogen-bond acceptors (Lipinski definition) is 0. The van der Waals surface area contributed by atoms with Crippen LogP contribution in [0.15, 0.2) is 30.3 Å². The number of halogens is 1. The lowest BCUT2D eigenvalue weighted by Crippen LogP contribution is -2.10. The molecule has 1 aromatic rings. The van der Waals surface area contributed by atoms with E-state index in [1.54, 1.807) is 0 Å². The van der Waals surface area contributed by atoms with Crippen LogP contribution in [0.5, 0.6) is 0 Å². The van der Waals surface area contributed by atoms with Crippen molar-refractivity contribution in [3.05, 3.63) is 35.9 Å². The number of rotatable bonds is 3. The second-order valence-corrected chi connectivity index (χ2v) is 7.30. The van der Waals surface area contributed by atoms with Gasteiger partial charge in [-0.05, 0) is 28.7 Å². The summed E-state index contributed by atoms with van der Waals surface area (Å²) >= 11 is 3.89. The summed E-state index contributed by atoms with van der Waals surface area (Å²) in [7, 11) is 0. The maximum absolute atomic E-state index is 3.89. The zero-order chi connectivity index (χ0) is 12.0. The molecule has 0 amide bonds. The Morgan fingerprint density at radius 1 is 1.06 bits per heavy atom. The van der Waals surface area contributed by atoms with Gasteiger partial charge in [-0.15, -0.1) is 0 Å². The smallest absolute Gasteiger partial charge is 0.0225 e. The first-order chi connectivity index (χ1) is 7.37. The minimum atomic E-state index is 0.468. The third-order valence-electron chi connectivity index (χ3n) is 4.77. The van der Waals surface area contributed by atoms with Crippen molar-refractivity contribution in [2.75, 3.05) is 0 Å². The molecule has 1 aliphatic carbocycles. The average Bonchev–Trinajstić information content (AvgIpc) is 2.58. The molecule has 0 bridgehead atoms.